The lowest BCUT2D eigenvalue weighted by molar-refractivity contribution is -0.129. The number of aliphatic imine (C=N–C) groups is 1. The van der Waals surface area contributed by atoms with Crippen molar-refractivity contribution in [2.75, 3.05) is 0 Å². The van der Waals surface area contributed by atoms with E-state index in [1.165, 1.54) is 24.3 Å². The number of carbonyl (C=O) groups is 2. The summed E-state index contributed by atoms with van der Waals surface area (Å²) in [5.74, 6) is -1.60. The van der Waals surface area contributed by atoms with Crippen LogP contribution in [0.4, 0.5) is 9.18 Å². The third kappa shape index (κ3) is 2.47. The van der Waals surface area contributed by atoms with Crippen LogP contribution in [0.15, 0.2) is 29.3 Å². The predicted molar refractivity (Wildman–Crippen MR) is 57.4 cm³/mol. The van der Waals surface area contributed by atoms with Crippen LogP contribution in [0.25, 0.3) is 0 Å². The number of nitrogens with one attached hydrogen (secondary N) is 1. The Bertz CT molecular complexity index is 496. The zero-order valence-corrected chi connectivity index (χ0v) is 8.68. The normalized spacial score (nSPS) is 19.5. The first-order chi connectivity index (χ1) is 8.06. The summed E-state index contributed by atoms with van der Waals surface area (Å²) in [6.45, 7) is 0. The first-order valence-electron chi connectivity index (χ1n) is 4.93. The maximum Gasteiger partial charge on any atom is 0.350 e. The van der Waals surface area contributed by atoms with E-state index in [1.807, 2.05) is 0 Å². The second-order valence-corrected chi connectivity index (χ2v) is 3.62. The topological polar surface area (TPSA) is 78.8 Å². The molecule has 0 bridgehead atoms. The van der Waals surface area contributed by atoms with Crippen LogP contribution in [0.5, 0.6) is 0 Å². The van der Waals surface area contributed by atoms with Gasteiger partial charge in [-0.3, -0.25) is 0 Å². The van der Waals surface area contributed by atoms with Gasteiger partial charge < -0.3 is 10.4 Å². The molecule has 0 aliphatic carbocycles. The smallest absolute Gasteiger partial charge is 0.350 e. The highest BCUT2D eigenvalue weighted by Crippen LogP contribution is 2.21. The van der Waals surface area contributed by atoms with Gasteiger partial charge in [0, 0.05) is 6.42 Å². The average molecular weight is 236 g/mol. The molecule has 1 aliphatic heterocycles. The molecule has 2 rings (SSSR count). The van der Waals surface area contributed by atoms with Gasteiger partial charge in [0.25, 0.3) is 0 Å². The summed E-state index contributed by atoms with van der Waals surface area (Å²) in [5, 5.41) is 11.3. The van der Waals surface area contributed by atoms with E-state index in [0.717, 1.165) is 0 Å². The molecule has 1 aromatic carbocycles. The summed E-state index contributed by atoms with van der Waals surface area (Å²) in [5.41, 5.74) is 0.455. The van der Waals surface area contributed by atoms with Gasteiger partial charge in [-0.2, -0.15) is 4.99 Å². The minimum absolute atomic E-state index is 0.0900. The summed E-state index contributed by atoms with van der Waals surface area (Å²) in [4.78, 5) is 25.3. The third-order valence-electron chi connectivity index (χ3n) is 2.45. The molecule has 1 unspecified atom stereocenters. The molecule has 1 aliphatic rings. The van der Waals surface area contributed by atoms with E-state index in [2.05, 4.69) is 10.3 Å². The molecule has 17 heavy (non-hydrogen) atoms. The molecule has 0 saturated heterocycles. The van der Waals surface area contributed by atoms with E-state index >= 15 is 0 Å². The van der Waals surface area contributed by atoms with Crippen molar-refractivity contribution in [3.05, 3.63) is 35.6 Å². The van der Waals surface area contributed by atoms with Crippen molar-refractivity contribution in [3.8, 4) is 0 Å². The predicted octanol–water partition coefficient (Wildman–Crippen LogP) is 1.51. The van der Waals surface area contributed by atoms with E-state index in [4.69, 9.17) is 5.11 Å². The quantitative estimate of drug-likeness (QED) is 0.816. The minimum Gasteiger partial charge on any atom is -0.477 e. The summed E-state index contributed by atoms with van der Waals surface area (Å²) < 4.78 is 12.7. The molecule has 0 radical (unpaired) electrons. The molecule has 0 saturated carbocycles. The number of urea groups is 1. The molecule has 0 aromatic heterocycles. The van der Waals surface area contributed by atoms with E-state index in [-0.39, 0.29) is 17.9 Å². The number of nitrogens with zero attached hydrogens (tertiary/aromatic N) is 1. The lowest BCUT2D eigenvalue weighted by Crippen LogP contribution is -2.35. The van der Waals surface area contributed by atoms with Gasteiger partial charge in [0.15, 0.2) is 0 Å². The highest BCUT2D eigenvalue weighted by Gasteiger charge is 2.26. The number of rotatable bonds is 2. The van der Waals surface area contributed by atoms with E-state index < -0.39 is 18.0 Å². The number of amides is 2. The van der Waals surface area contributed by atoms with Crippen molar-refractivity contribution in [2.45, 2.75) is 12.5 Å². The Morgan fingerprint density at radius 1 is 1.41 bits per heavy atom. The maximum absolute atomic E-state index is 12.7. The Hall–Kier alpha value is -2.24. The van der Waals surface area contributed by atoms with Crippen molar-refractivity contribution < 1.29 is 19.1 Å². The second-order valence-electron chi connectivity index (χ2n) is 3.62. The monoisotopic (exact) mass is 236 g/mol. The summed E-state index contributed by atoms with van der Waals surface area (Å²) >= 11 is 0. The van der Waals surface area contributed by atoms with Crippen LogP contribution >= 0.6 is 0 Å². The van der Waals surface area contributed by atoms with Crippen molar-refractivity contribution in [1.82, 2.24) is 5.32 Å². The van der Waals surface area contributed by atoms with Crippen LogP contribution < -0.4 is 5.32 Å². The number of carbonyl (C=O) groups excluding carboxylic acids is 1. The Morgan fingerprint density at radius 2 is 2.06 bits per heavy atom. The van der Waals surface area contributed by atoms with Crippen LogP contribution in [-0.2, 0) is 4.79 Å². The number of aliphatic carboxylic acids is 1. The van der Waals surface area contributed by atoms with Gasteiger partial charge in [0.1, 0.15) is 11.5 Å². The highest BCUT2D eigenvalue weighted by atomic mass is 19.1. The van der Waals surface area contributed by atoms with Gasteiger partial charge in [0.05, 0.1) is 6.04 Å². The second kappa shape index (κ2) is 4.32. The van der Waals surface area contributed by atoms with Gasteiger partial charge in [-0.1, -0.05) is 12.1 Å². The fourth-order valence-electron chi connectivity index (χ4n) is 1.63. The SMILES string of the molecule is O=C1N=C(C(=O)O)CC(c2ccc(F)cc2)N1. The summed E-state index contributed by atoms with van der Waals surface area (Å²) in [6, 6.07) is 4.35. The number of halogens is 1. The molecule has 2 amide bonds. The van der Waals surface area contributed by atoms with Crippen molar-refractivity contribution in [3.63, 3.8) is 0 Å². The van der Waals surface area contributed by atoms with Gasteiger partial charge in [-0.25, -0.2) is 14.0 Å². The number of carboxylic acids is 1. The standard InChI is InChI=1S/C11H9FN2O3/c12-7-3-1-6(2-4-7)8-5-9(10(15)16)14-11(17)13-8/h1-4,8H,5H2,(H,13,17)(H,15,16). The Balaban J connectivity index is 2.24. The largest absolute Gasteiger partial charge is 0.477 e. The molecule has 1 aromatic rings. The number of hydrogen-bond donors (Lipinski definition) is 2. The fraction of sp³-hybridized carbons (Fsp3) is 0.182. The number of hydrogen-bond acceptors (Lipinski definition) is 2. The average Bonchev–Trinajstić information content (AvgIpc) is 2.29. The van der Waals surface area contributed by atoms with Gasteiger partial charge in [-0.15, -0.1) is 0 Å². The molecule has 0 spiro atoms. The molecule has 1 atom stereocenters. The molecule has 5 nitrogen and oxygen atoms in total. The molecule has 0 fully saturated rings. The minimum atomic E-state index is -1.22. The van der Waals surface area contributed by atoms with Crippen LogP contribution in [0.1, 0.15) is 18.0 Å². The lowest BCUT2D eigenvalue weighted by atomic mass is 10.00. The molecular weight excluding hydrogens is 227 g/mol. The van der Waals surface area contributed by atoms with Crippen LogP contribution in [0.3, 0.4) is 0 Å². The molecule has 88 valence electrons. The van der Waals surface area contributed by atoms with E-state index in [0.29, 0.717) is 5.56 Å². The van der Waals surface area contributed by atoms with Crippen molar-refractivity contribution in [2.24, 2.45) is 4.99 Å². The molecule has 6 heteroatoms. The number of benzene rings is 1. The first-order valence-corrected chi connectivity index (χ1v) is 4.93. The van der Waals surface area contributed by atoms with Crippen molar-refractivity contribution in [1.29, 1.82) is 0 Å². The molecular formula is C11H9FN2O3. The zero-order valence-electron chi connectivity index (χ0n) is 8.68. The van der Waals surface area contributed by atoms with Gasteiger partial charge in [0.2, 0.25) is 0 Å². The van der Waals surface area contributed by atoms with E-state index in [1.54, 1.807) is 0 Å². The molecule has 2 N–H and O–H groups in total. The first kappa shape index (κ1) is 11.3. The Kier molecular flexibility index (Phi) is 2.86. The lowest BCUT2D eigenvalue weighted by Gasteiger charge is -2.21. The van der Waals surface area contributed by atoms with Crippen LogP contribution in [0, 0.1) is 5.82 Å². The van der Waals surface area contributed by atoms with Crippen molar-refractivity contribution >= 4 is 17.7 Å². The van der Waals surface area contributed by atoms with Gasteiger partial charge >= 0.3 is 12.0 Å². The highest BCUT2D eigenvalue weighted by molar-refractivity contribution is 6.37. The van der Waals surface area contributed by atoms with E-state index in [9.17, 15) is 14.0 Å². The number of carboxylic acid groups (broad SMARTS) is 1. The summed E-state index contributed by atoms with van der Waals surface area (Å²) in [7, 11) is 0. The fourth-order valence-corrected chi connectivity index (χ4v) is 1.63. The molecule has 1 heterocycles. The third-order valence-corrected chi connectivity index (χ3v) is 2.45. The Morgan fingerprint density at radius 3 is 2.65 bits per heavy atom. The maximum atomic E-state index is 12.7. The van der Waals surface area contributed by atoms with Crippen LogP contribution in [-0.4, -0.2) is 22.8 Å². The zero-order chi connectivity index (χ0) is 12.4. The van der Waals surface area contributed by atoms with Crippen LogP contribution in [0.2, 0.25) is 0 Å². The summed E-state index contributed by atoms with van der Waals surface area (Å²) in [6.07, 6.45) is 0.0900. The Labute approximate surface area is 96.0 Å². The van der Waals surface area contributed by atoms with Gasteiger partial charge in [-0.05, 0) is 17.7 Å².